The molecule has 0 aliphatic rings. The summed E-state index contributed by atoms with van der Waals surface area (Å²) in [5.74, 6) is -0.155. The zero-order valence-electron chi connectivity index (χ0n) is 24.3. The van der Waals surface area contributed by atoms with Crippen molar-refractivity contribution >= 4 is 44.8 Å². The number of aryl methyl sites for hydroxylation is 3. The van der Waals surface area contributed by atoms with Crippen LogP contribution in [0.15, 0.2) is 54.6 Å². The lowest BCUT2D eigenvalue weighted by Gasteiger charge is -2.22. The van der Waals surface area contributed by atoms with Gasteiger partial charge in [-0.25, -0.2) is 0 Å². The van der Waals surface area contributed by atoms with Crippen LogP contribution in [0.1, 0.15) is 46.0 Å². The smallest absolute Gasteiger partial charge is 0.243 e. The summed E-state index contributed by atoms with van der Waals surface area (Å²) < 4.78 is 0. The molecule has 0 bridgehead atoms. The predicted octanol–water partition coefficient (Wildman–Crippen LogP) is 4.36. The second-order valence-electron chi connectivity index (χ2n) is 10.2. The molecule has 0 radical (unpaired) electrons. The Morgan fingerprint density at radius 1 is 0.786 bits per heavy atom. The first kappa shape index (κ1) is 31.4. The van der Waals surface area contributed by atoms with Gasteiger partial charge in [-0.15, -0.1) is 20.4 Å². The number of nitrogens with zero attached hydrogens (tertiary/aromatic N) is 5. The van der Waals surface area contributed by atoms with Gasteiger partial charge in [0.05, 0.1) is 6.04 Å². The average molecular weight is 607 g/mol. The summed E-state index contributed by atoms with van der Waals surface area (Å²) in [6.45, 7) is 0.778. The maximum atomic E-state index is 12.9. The first-order chi connectivity index (χ1) is 20.4. The van der Waals surface area contributed by atoms with Crippen molar-refractivity contribution in [1.82, 2.24) is 30.6 Å². The maximum absolute atomic E-state index is 12.9. The lowest BCUT2D eigenvalue weighted by atomic mass is 10.0. The van der Waals surface area contributed by atoms with Crippen LogP contribution in [-0.4, -0.2) is 64.3 Å². The van der Waals surface area contributed by atoms with E-state index in [-0.39, 0.29) is 17.9 Å². The monoisotopic (exact) mass is 606 g/mol. The van der Waals surface area contributed by atoms with E-state index in [0.717, 1.165) is 47.8 Å². The van der Waals surface area contributed by atoms with Crippen LogP contribution in [0.4, 0.5) is 10.3 Å². The van der Waals surface area contributed by atoms with Crippen LogP contribution in [0.3, 0.4) is 0 Å². The number of carbonyl (C=O) groups is 2. The number of nitrogens with one attached hydrogen (secondary N) is 3. The van der Waals surface area contributed by atoms with Crippen LogP contribution in [0.2, 0.25) is 0 Å². The zero-order valence-corrected chi connectivity index (χ0v) is 25.9. The largest absolute Gasteiger partial charge is 0.316 e. The number of aromatic nitrogens is 4. The number of unbranched alkanes of at least 4 members (excludes halogenated alkanes) is 1. The molecule has 2 amide bonds. The van der Waals surface area contributed by atoms with Crippen molar-refractivity contribution in [3.63, 3.8) is 0 Å². The number of anilines is 2. The van der Waals surface area contributed by atoms with Crippen LogP contribution in [-0.2, 0) is 41.8 Å². The molecule has 3 N–H and O–H groups in total. The fourth-order valence-electron chi connectivity index (χ4n) is 4.49. The van der Waals surface area contributed by atoms with Gasteiger partial charge in [-0.1, -0.05) is 77.3 Å². The van der Waals surface area contributed by atoms with Crippen molar-refractivity contribution < 1.29 is 9.59 Å². The number of likely N-dealkylation sites (N-methyl/N-ethyl adjacent to an activating group) is 1. The highest BCUT2D eigenvalue weighted by Crippen LogP contribution is 2.21. The number of carbonyl (C=O) groups excluding carboxylic acids is 2. The maximum Gasteiger partial charge on any atom is 0.243 e. The Kier molecular flexibility index (Phi) is 12.1. The lowest BCUT2D eigenvalue weighted by Crippen LogP contribution is -2.41. The standard InChI is InChI=1S/C30H38N8O2S2/c1-31-20-23-14-8-7-13-22(23)17-18-25(39)32-29-36-34-26(41-29)15-9-10-16-27-35-37-30(42-27)33-28(40)24(38(2)3)19-21-11-5-4-6-12-21/h4-8,11-14,24,31H,9-10,15-20H2,1-3H3,(H,32,36,39)(H,33,37,40). The first-order valence-electron chi connectivity index (χ1n) is 14.1. The number of hydrogen-bond donors (Lipinski definition) is 3. The van der Waals surface area contributed by atoms with Crippen molar-refractivity contribution in [3.8, 4) is 0 Å². The minimum atomic E-state index is -0.304. The topological polar surface area (TPSA) is 125 Å². The van der Waals surface area contributed by atoms with Crippen molar-refractivity contribution in [2.75, 3.05) is 31.8 Å². The quantitative estimate of drug-likeness (QED) is 0.161. The molecule has 42 heavy (non-hydrogen) atoms. The Bertz CT molecular complexity index is 1420. The zero-order chi connectivity index (χ0) is 29.7. The van der Waals surface area contributed by atoms with Crippen molar-refractivity contribution in [2.24, 2.45) is 0 Å². The summed E-state index contributed by atoms with van der Waals surface area (Å²) in [5.41, 5.74) is 3.49. The van der Waals surface area contributed by atoms with E-state index in [1.807, 2.05) is 68.5 Å². The lowest BCUT2D eigenvalue weighted by molar-refractivity contribution is -0.120. The van der Waals surface area contributed by atoms with Gasteiger partial charge in [-0.3, -0.25) is 19.8 Å². The van der Waals surface area contributed by atoms with Crippen LogP contribution in [0.25, 0.3) is 0 Å². The fraction of sp³-hybridized carbons (Fsp3) is 0.400. The molecule has 222 valence electrons. The molecular formula is C30H38N8O2S2. The van der Waals surface area contributed by atoms with Gasteiger partial charge in [0.25, 0.3) is 0 Å². The Hall–Kier alpha value is -3.58. The molecule has 0 fully saturated rings. The van der Waals surface area contributed by atoms with Crippen LogP contribution < -0.4 is 16.0 Å². The molecule has 4 rings (SSSR count). The molecule has 2 heterocycles. The Morgan fingerprint density at radius 3 is 2.00 bits per heavy atom. The Balaban J connectivity index is 1.16. The van der Waals surface area contributed by atoms with E-state index in [0.29, 0.717) is 29.5 Å². The number of benzene rings is 2. The minimum Gasteiger partial charge on any atom is -0.316 e. The summed E-state index contributed by atoms with van der Waals surface area (Å²) in [5, 5.41) is 28.6. The van der Waals surface area contributed by atoms with Gasteiger partial charge in [-0.2, -0.15) is 0 Å². The molecule has 1 atom stereocenters. The first-order valence-corrected chi connectivity index (χ1v) is 15.7. The van der Waals surface area contributed by atoms with Crippen LogP contribution >= 0.6 is 22.7 Å². The summed E-state index contributed by atoms with van der Waals surface area (Å²) in [7, 11) is 5.72. The Morgan fingerprint density at radius 2 is 1.38 bits per heavy atom. The molecule has 0 aliphatic heterocycles. The fourth-order valence-corrected chi connectivity index (χ4v) is 6.08. The molecule has 2 aromatic heterocycles. The molecular weight excluding hydrogens is 569 g/mol. The summed E-state index contributed by atoms with van der Waals surface area (Å²) in [4.78, 5) is 27.3. The number of hydrogen-bond acceptors (Lipinski definition) is 10. The van der Waals surface area contributed by atoms with E-state index in [2.05, 4.69) is 48.5 Å². The van der Waals surface area contributed by atoms with Crippen molar-refractivity contribution in [2.45, 2.75) is 57.5 Å². The SMILES string of the molecule is CNCc1ccccc1CCC(=O)Nc1nnc(CCCCc2nnc(NC(=O)C(Cc3ccccc3)N(C)C)s2)s1. The van der Waals surface area contributed by atoms with E-state index >= 15 is 0 Å². The third kappa shape index (κ3) is 9.76. The van der Waals surface area contributed by atoms with E-state index < -0.39 is 0 Å². The predicted molar refractivity (Wildman–Crippen MR) is 169 cm³/mol. The van der Waals surface area contributed by atoms with E-state index in [4.69, 9.17) is 0 Å². The number of rotatable bonds is 16. The van der Waals surface area contributed by atoms with Gasteiger partial charge in [0, 0.05) is 25.8 Å². The molecule has 0 spiro atoms. The highest BCUT2D eigenvalue weighted by Gasteiger charge is 2.22. The molecule has 0 saturated heterocycles. The third-order valence-corrected chi connectivity index (χ3v) is 8.54. The molecule has 2 aromatic carbocycles. The molecule has 12 heteroatoms. The second kappa shape index (κ2) is 16.2. The minimum absolute atomic E-state index is 0.0620. The summed E-state index contributed by atoms with van der Waals surface area (Å²) in [6.07, 6.45) is 5.05. The molecule has 4 aromatic rings. The normalized spacial score (nSPS) is 11.9. The second-order valence-corrected chi connectivity index (χ2v) is 12.3. The average Bonchev–Trinajstić information content (AvgIpc) is 3.63. The van der Waals surface area contributed by atoms with Gasteiger partial charge in [0.2, 0.25) is 22.1 Å². The molecule has 0 saturated carbocycles. The van der Waals surface area contributed by atoms with Gasteiger partial charge in [-0.05, 0) is 63.5 Å². The van der Waals surface area contributed by atoms with Crippen LogP contribution in [0, 0.1) is 0 Å². The van der Waals surface area contributed by atoms with Crippen molar-refractivity contribution in [1.29, 1.82) is 0 Å². The molecule has 0 aliphatic carbocycles. The highest BCUT2D eigenvalue weighted by molar-refractivity contribution is 7.15. The third-order valence-electron chi connectivity index (χ3n) is 6.75. The highest BCUT2D eigenvalue weighted by atomic mass is 32.1. The Labute approximate surface area is 255 Å². The summed E-state index contributed by atoms with van der Waals surface area (Å²) >= 11 is 2.83. The van der Waals surface area contributed by atoms with Gasteiger partial charge in [0.1, 0.15) is 10.0 Å². The van der Waals surface area contributed by atoms with E-state index in [9.17, 15) is 9.59 Å². The molecule has 10 nitrogen and oxygen atoms in total. The summed E-state index contributed by atoms with van der Waals surface area (Å²) in [6, 6.07) is 17.8. The van der Waals surface area contributed by atoms with Crippen LogP contribution in [0.5, 0.6) is 0 Å². The number of amides is 2. The van der Waals surface area contributed by atoms with Gasteiger partial charge in [0.15, 0.2) is 0 Å². The van der Waals surface area contributed by atoms with E-state index in [1.54, 1.807) is 0 Å². The van der Waals surface area contributed by atoms with Gasteiger partial charge >= 0.3 is 0 Å². The van der Waals surface area contributed by atoms with Gasteiger partial charge < -0.3 is 10.6 Å². The van der Waals surface area contributed by atoms with Crippen molar-refractivity contribution in [3.05, 3.63) is 81.3 Å². The van der Waals surface area contributed by atoms with E-state index in [1.165, 1.54) is 33.8 Å². The molecule has 1 unspecified atom stereocenters.